The molecule has 2 aromatic rings. The number of aromatic carboxylic acids is 1. The number of carboxylic acids is 1. The fraction of sp³-hybridized carbons (Fsp3) is 0.300. The molecule has 0 saturated carbocycles. The van der Waals surface area contributed by atoms with E-state index in [1.807, 2.05) is 13.8 Å². The van der Waals surface area contributed by atoms with Crippen LogP contribution >= 0.6 is 0 Å². The first kappa shape index (κ1) is 20.3. The zero-order valence-corrected chi connectivity index (χ0v) is 15.7. The standard InChI is InChI=1S/C20H23NO6/c1-12(2)27-17-6-5-14(10-18(17)26-4)19(22)21-16-8-13(11-25-3)7-15(9-16)20(23)24/h5-10,12H,11H2,1-4H3,(H,21,22)(H,23,24). The molecule has 0 saturated heterocycles. The van der Waals surface area contributed by atoms with Crippen molar-refractivity contribution in [2.45, 2.75) is 26.6 Å². The number of methoxy groups -OCH3 is 2. The van der Waals surface area contributed by atoms with E-state index in [0.717, 1.165) is 0 Å². The summed E-state index contributed by atoms with van der Waals surface area (Å²) in [6.45, 7) is 4.03. The molecule has 2 N–H and O–H groups in total. The molecule has 0 fully saturated rings. The van der Waals surface area contributed by atoms with Gasteiger partial charge in [-0.15, -0.1) is 0 Å². The summed E-state index contributed by atoms with van der Waals surface area (Å²) in [5, 5.41) is 11.9. The van der Waals surface area contributed by atoms with E-state index in [9.17, 15) is 14.7 Å². The van der Waals surface area contributed by atoms with E-state index in [1.54, 1.807) is 24.3 Å². The molecule has 144 valence electrons. The van der Waals surface area contributed by atoms with Crippen molar-refractivity contribution in [1.29, 1.82) is 0 Å². The zero-order valence-electron chi connectivity index (χ0n) is 15.7. The lowest BCUT2D eigenvalue weighted by molar-refractivity contribution is 0.0696. The molecule has 1 amide bonds. The van der Waals surface area contributed by atoms with Gasteiger partial charge in [0.15, 0.2) is 11.5 Å². The minimum atomic E-state index is -1.08. The van der Waals surface area contributed by atoms with Crippen LogP contribution in [0.15, 0.2) is 36.4 Å². The molecule has 0 aliphatic carbocycles. The Morgan fingerprint density at radius 1 is 1.04 bits per heavy atom. The number of carbonyl (C=O) groups is 2. The Labute approximate surface area is 157 Å². The minimum Gasteiger partial charge on any atom is -0.493 e. The van der Waals surface area contributed by atoms with Crippen molar-refractivity contribution in [3.8, 4) is 11.5 Å². The molecule has 0 aromatic heterocycles. The van der Waals surface area contributed by atoms with Crippen LogP contribution in [0.4, 0.5) is 5.69 Å². The average molecular weight is 373 g/mol. The molecule has 0 spiro atoms. The van der Waals surface area contributed by atoms with E-state index in [-0.39, 0.29) is 18.3 Å². The quantitative estimate of drug-likeness (QED) is 0.734. The molecule has 0 unspecified atom stereocenters. The van der Waals surface area contributed by atoms with Crippen molar-refractivity contribution >= 4 is 17.6 Å². The Morgan fingerprint density at radius 3 is 2.37 bits per heavy atom. The first-order valence-electron chi connectivity index (χ1n) is 8.36. The van der Waals surface area contributed by atoms with Crippen LogP contribution in [0.1, 0.15) is 40.1 Å². The van der Waals surface area contributed by atoms with Crippen molar-refractivity contribution < 1.29 is 28.9 Å². The molecule has 0 heterocycles. The monoisotopic (exact) mass is 373 g/mol. The molecule has 27 heavy (non-hydrogen) atoms. The molecule has 0 bridgehead atoms. The van der Waals surface area contributed by atoms with E-state index in [2.05, 4.69) is 5.32 Å². The number of nitrogens with one attached hydrogen (secondary N) is 1. The number of ether oxygens (including phenoxy) is 3. The highest BCUT2D eigenvalue weighted by Crippen LogP contribution is 2.29. The Morgan fingerprint density at radius 2 is 1.78 bits per heavy atom. The summed E-state index contributed by atoms with van der Waals surface area (Å²) in [7, 11) is 3.01. The van der Waals surface area contributed by atoms with Crippen LogP contribution in [0, 0.1) is 0 Å². The largest absolute Gasteiger partial charge is 0.493 e. The van der Waals surface area contributed by atoms with E-state index in [1.165, 1.54) is 26.4 Å². The number of carbonyl (C=O) groups excluding carboxylic acids is 1. The number of anilines is 1. The molecule has 0 aliphatic rings. The summed E-state index contributed by atoms with van der Waals surface area (Å²) in [5.41, 5.74) is 1.44. The number of amides is 1. The lowest BCUT2D eigenvalue weighted by atomic mass is 10.1. The summed E-state index contributed by atoms with van der Waals surface area (Å²) in [5.74, 6) is -0.495. The predicted octanol–water partition coefficient (Wildman–Crippen LogP) is 3.58. The van der Waals surface area contributed by atoms with Gasteiger partial charge in [-0.05, 0) is 55.8 Å². The second-order valence-electron chi connectivity index (χ2n) is 6.14. The van der Waals surface area contributed by atoms with Crippen LogP contribution in [0.5, 0.6) is 11.5 Å². The molecule has 7 heteroatoms. The van der Waals surface area contributed by atoms with Crippen LogP contribution in [0.2, 0.25) is 0 Å². The third kappa shape index (κ3) is 5.46. The summed E-state index contributed by atoms with van der Waals surface area (Å²) < 4.78 is 16.0. The van der Waals surface area contributed by atoms with Gasteiger partial charge in [0, 0.05) is 18.4 Å². The second kappa shape index (κ2) is 9.05. The number of carboxylic acid groups (broad SMARTS) is 1. The van der Waals surface area contributed by atoms with Gasteiger partial charge in [-0.25, -0.2) is 4.79 Å². The smallest absolute Gasteiger partial charge is 0.335 e. The Balaban J connectivity index is 2.27. The van der Waals surface area contributed by atoms with Gasteiger partial charge in [0.05, 0.1) is 25.4 Å². The van der Waals surface area contributed by atoms with Gasteiger partial charge in [0.1, 0.15) is 0 Å². The normalized spacial score (nSPS) is 10.6. The first-order chi connectivity index (χ1) is 12.8. The number of hydrogen-bond donors (Lipinski definition) is 2. The number of rotatable bonds is 8. The van der Waals surface area contributed by atoms with E-state index < -0.39 is 11.9 Å². The zero-order chi connectivity index (χ0) is 20.0. The van der Waals surface area contributed by atoms with Crippen LogP contribution in [-0.2, 0) is 11.3 Å². The molecule has 0 atom stereocenters. The highest BCUT2D eigenvalue weighted by Gasteiger charge is 2.14. The summed E-state index contributed by atoms with van der Waals surface area (Å²) in [6.07, 6.45) is -0.0310. The lowest BCUT2D eigenvalue weighted by Gasteiger charge is -2.15. The van der Waals surface area contributed by atoms with E-state index >= 15 is 0 Å². The Hall–Kier alpha value is -3.06. The van der Waals surface area contributed by atoms with Crippen molar-refractivity contribution in [3.63, 3.8) is 0 Å². The van der Waals surface area contributed by atoms with Crippen LogP contribution in [-0.4, -0.2) is 37.3 Å². The van der Waals surface area contributed by atoms with Crippen LogP contribution in [0.25, 0.3) is 0 Å². The summed E-state index contributed by atoms with van der Waals surface area (Å²) in [4.78, 5) is 23.9. The maximum atomic E-state index is 12.6. The summed E-state index contributed by atoms with van der Waals surface area (Å²) in [6, 6.07) is 9.42. The fourth-order valence-electron chi connectivity index (χ4n) is 2.50. The molecule has 2 rings (SSSR count). The molecule has 0 aliphatic heterocycles. The maximum Gasteiger partial charge on any atom is 0.335 e. The van der Waals surface area contributed by atoms with Crippen molar-refractivity contribution in [3.05, 3.63) is 53.1 Å². The maximum absolute atomic E-state index is 12.6. The lowest BCUT2D eigenvalue weighted by Crippen LogP contribution is -2.14. The van der Waals surface area contributed by atoms with Gasteiger partial charge >= 0.3 is 5.97 Å². The molecule has 2 aromatic carbocycles. The first-order valence-corrected chi connectivity index (χ1v) is 8.36. The molecule has 0 radical (unpaired) electrons. The number of benzene rings is 2. The predicted molar refractivity (Wildman–Crippen MR) is 101 cm³/mol. The van der Waals surface area contributed by atoms with Crippen LogP contribution < -0.4 is 14.8 Å². The van der Waals surface area contributed by atoms with Gasteiger partial charge < -0.3 is 24.6 Å². The van der Waals surface area contributed by atoms with Crippen molar-refractivity contribution in [2.24, 2.45) is 0 Å². The van der Waals surface area contributed by atoms with Gasteiger partial charge in [0.25, 0.3) is 5.91 Å². The van der Waals surface area contributed by atoms with Gasteiger partial charge in [0.2, 0.25) is 0 Å². The van der Waals surface area contributed by atoms with Crippen molar-refractivity contribution in [2.75, 3.05) is 19.5 Å². The molecular formula is C20H23NO6. The van der Waals surface area contributed by atoms with E-state index in [0.29, 0.717) is 28.3 Å². The topological polar surface area (TPSA) is 94.1 Å². The van der Waals surface area contributed by atoms with Crippen LogP contribution in [0.3, 0.4) is 0 Å². The van der Waals surface area contributed by atoms with Crippen molar-refractivity contribution in [1.82, 2.24) is 0 Å². The Bertz CT molecular complexity index is 831. The van der Waals surface area contributed by atoms with Gasteiger partial charge in [-0.3, -0.25) is 4.79 Å². The number of hydrogen-bond acceptors (Lipinski definition) is 5. The highest BCUT2D eigenvalue weighted by atomic mass is 16.5. The molecule has 7 nitrogen and oxygen atoms in total. The third-order valence-corrected chi connectivity index (χ3v) is 3.60. The SMILES string of the molecule is COCc1cc(NC(=O)c2ccc(OC(C)C)c(OC)c2)cc(C(=O)O)c1. The Kier molecular flexibility index (Phi) is 6.79. The van der Waals surface area contributed by atoms with E-state index in [4.69, 9.17) is 14.2 Å². The molecular weight excluding hydrogens is 350 g/mol. The highest BCUT2D eigenvalue weighted by molar-refractivity contribution is 6.05. The fourth-order valence-corrected chi connectivity index (χ4v) is 2.50. The average Bonchev–Trinajstić information content (AvgIpc) is 2.61. The second-order valence-corrected chi connectivity index (χ2v) is 6.14. The minimum absolute atomic E-state index is 0.0310. The van der Waals surface area contributed by atoms with Gasteiger partial charge in [-0.2, -0.15) is 0 Å². The third-order valence-electron chi connectivity index (χ3n) is 3.60. The summed E-state index contributed by atoms with van der Waals surface area (Å²) >= 11 is 0. The van der Waals surface area contributed by atoms with Gasteiger partial charge in [-0.1, -0.05) is 0 Å².